The molecule has 0 saturated heterocycles. The van der Waals surface area contributed by atoms with Crippen LogP contribution < -0.4 is 0 Å². The minimum Gasteiger partial charge on any atom is -0.498 e. The van der Waals surface area contributed by atoms with E-state index in [-0.39, 0.29) is 31.4 Å². The summed E-state index contributed by atoms with van der Waals surface area (Å²) in [5, 5.41) is 18.5. The summed E-state index contributed by atoms with van der Waals surface area (Å²) in [6, 6.07) is 0. The minimum atomic E-state index is -0.981. The van der Waals surface area contributed by atoms with Crippen molar-refractivity contribution >= 4 is 7.85 Å². The summed E-state index contributed by atoms with van der Waals surface area (Å²) in [6.45, 7) is 1.50. The van der Waals surface area contributed by atoms with Crippen molar-refractivity contribution in [2.24, 2.45) is 5.92 Å². The molecule has 0 fully saturated rings. The molecule has 2 radical (unpaired) electrons. The molecule has 0 aromatic rings. The van der Waals surface area contributed by atoms with Crippen molar-refractivity contribution < 1.29 is 28.8 Å². The number of aliphatic hydroxyl groups is 2. The molecule has 0 spiro atoms. The van der Waals surface area contributed by atoms with Gasteiger partial charge in [-0.15, -0.1) is 0 Å². The summed E-state index contributed by atoms with van der Waals surface area (Å²) in [7, 11) is 6.78. The van der Waals surface area contributed by atoms with Crippen molar-refractivity contribution in [1.29, 1.82) is 0 Å². The molecule has 2 N–H and O–H groups in total. The van der Waals surface area contributed by atoms with Gasteiger partial charge in [-0.1, -0.05) is 6.92 Å². The molecular weight excluding hydrogens is 242 g/mol. The molecule has 102 valence electrons. The van der Waals surface area contributed by atoms with Crippen LogP contribution >= 0.6 is 0 Å². The van der Waals surface area contributed by atoms with E-state index in [1.54, 1.807) is 6.92 Å². The van der Waals surface area contributed by atoms with E-state index in [0.717, 1.165) is 0 Å². The maximum Gasteiger partial charge on any atom is 0.170 e. The van der Waals surface area contributed by atoms with Crippen LogP contribution in [0.5, 0.6) is 0 Å². The summed E-state index contributed by atoms with van der Waals surface area (Å²) in [4.78, 5) is 0. The third kappa shape index (κ3) is 3.68. The molecule has 0 aromatic heterocycles. The van der Waals surface area contributed by atoms with Crippen LogP contribution in [0.1, 0.15) is 6.92 Å². The molecule has 0 saturated carbocycles. The van der Waals surface area contributed by atoms with Gasteiger partial charge in [0.05, 0.1) is 25.0 Å². The van der Waals surface area contributed by atoms with E-state index in [2.05, 4.69) is 0 Å². The number of methoxy groups -OCH3 is 1. The second kappa shape index (κ2) is 7.08. The summed E-state index contributed by atoms with van der Waals surface area (Å²) in [6.07, 6.45) is -2.52. The van der Waals surface area contributed by atoms with Gasteiger partial charge in [0.1, 0.15) is 0 Å². The first kappa shape index (κ1) is 15.4. The third-order valence-corrected chi connectivity index (χ3v) is 2.82. The van der Waals surface area contributed by atoms with Crippen LogP contribution in [-0.4, -0.2) is 63.3 Å². The number of hydrogen-bond donors (Lipinski definition) is 2. The lowest BCUT2D eigenvalue weighted by atomic mass is 10.1. The number of aliphatic hydroxyl groups excluding tert-OH is 2. The van der Waals surface area contributed by atoms with E-state index in [9.17, 15) is 9.50 Å². The second-order valence-electron chi connectivity index (χ2n) is 4.30. The quantitative estimate of drug-likeness (QED) is 0.616. The molecule has 0 amide bonds. The van der Waals surface area contributed by atoms with Crippen LogP contribution in [0.15, 0.2) is 11.5 Å². The summed E-state index contributed by atoms with van der Waals surface area (Å²) in [5.41, 5.74) is -0.313. The van der Waals surface area contributed by atoms with Gasteiger partial charge in [-0.3, -0.25) is 0 Å². The molecule has 0 aromatic carbocycles. The number of rotatable bonds is 7. The minimum absolute atomic E-state index is 0.114. The van der Waals surface area contributed by atoms with Gasteiger partial charge < -0.3 is 24.4 Å². The van der Waals surface area contributed by atoms with Crippen molar-refractivity contribution in [3.63, 3.8) is 0 Å². The Balaban J connectivity index is 2.52. The molecule has 4 unspecified atom stereocenters. The largest absolute Gasteiger partial charge is 0.498 e. The molecule has 0 bridgehead atoms. The van der Waals surface area contributed by atoms with Crippen molar-refractivity contribution in [3.8, 4) is 0 Å². The Morgan fingerprint density at radius 2 is 2.22 bits per heavy atom. The Morgan fingerprint density at radius 1 is 1.56 bits per heavy atom. The summed E-state index contributed by atoms with van der Waals surface area (Å²) in [5.74, 6) is -1.04. The highest BCUT2D eigenvalue weighted by Gasteiger charge is 2.36. The standard InChI is InChI=1S/C11H18BFO5/c1-6(3-14)7(15)4-17-10-8(5-16-2)18-11(12)9(10)13/h6-8,10,14-15H,3-5H2,1-2H3. The molecule has 18 heavy (non-hydrogen) atoms. The molecule has 4 atom stereocenters. The molecular formula is C11H18BFO5. The highest BCUT2D eigenvalue weighted by molar-refractivity contribution is 6.20. The van der Waals surface area contributed by atoms with Crippen molar-refractivity contribution in [1.82, 2.24) is 0 Å². The molecule has 1 rings (SSSR count). The Morgan fingerprint density at radius 3 is 2.78 bits per heavy atom. The zero-order valence-corrected chi connectivity index (χ0v) is 10.5. The Kier molecular flexibility index (Phi) is 6.07. The molecule has 1 aliphatic rings. The first-order valence-electron chi connectivity index (χ1n) is 5.72. The van der Waals surface area contributed by atoms with Crippen molar-refractivity contribution in [3.05, 3.63) is 11.5 Å². The van der Waals surface area contributed by atoms with Crippen LogP contribution in [0.3, 0.4) is 0 Å². The highest BCUT2D eigenvalue weighted by Crippen LogP contribution is 2.28. The Hall–Kier alpha value is -0.625. The number of halogens is 1. The fourth-order valence-corrected chi connectivity index (χ4v) is 1.54. The Labute approximate surface area is 107 Å². The predicted molar refractivity (Wildman–Crippen MR) is 62.6 cm³/mol. The zero-order chi connectivity index (χ0) is 13.7. The van der Waals surface area contributed by atoms with Crippen molar-refractivity contribution in [2.45, 2.75) is 25.2 Å². The first-order chi connectivity index (χ1) is 8.51. The van der Waals surface area contributed by atoms with E-state index < -0.39 is 24.1 Å². The van der Waals surface area contributed by atoms with Gasteiger partial charge in [-0.25, -0.2) is 4.39 Å². The number of ether oxygens (including phenoxy) is 3. The maximum atomic E-state index is 13.6. The SMILES string of the molecule is [B]C1=C(F)C(OCC(O)C(C)CO)C(COC)O1. The van der Waals surface area contributed by atoms with Crippen LogP contribution in [0.4, 0.5) is 4.39 Å². The lowest BCUT2D eigenvalue weighted by Crippen LogP contribution is -2.35. The fraction of sp³-hybridized carbons (Fsp3) is 0.818. The van der Waals surface area contributed by atoms with Gasteiger partial charge in [-0.2, -0.15) is 0 Å². The van der Waals surface area contributed by atoms with E-state index in [0.29, 0.717) is 0 Å². The monoisotopic (exact) mass is 260 g/mol. The topological polar surface area (TPSA) is 68.2 Å². The van der Waals surface area contributed by atoms with Crippen LogP contribution in [0.25, 0.3) is 0 Å². The fourth-order valence-electron chi connectivity index (χ4n) is 1.54. The van der Waals surface area contributed by atoms with Crippen LogP contribution in [0, 0.1) is 5.92 Å². The summed E-state index contributed by atoms with van der Waals surface area (Å²) >= 11 is 0. The summed E-state index contributed by atoms with van der Waals surface area (Å²) < 4.78 is 28.8. The third-order valence-electron chi connectivity index (χ3n) is 2.82. The van der Waals surface area contributed by atoms with Crippen LogP contribution in [-0.2, 0) is 14.2 Å². The van der Waals surface area contributed by atoms with Gasteiger partial charge >= 0.3 is 0 Å². The zero-order valence-electron chi connectivity index (χ0n) is 10.5. The van der Waals surface area contributed by atoms with E-state index in [1.807, 2.05) is 0 Å². The van der Waals surface area contributed by atoms with Gasteiger partial charge in [0.15, 0.2) is 25.9 Å². The molecule has 1 aliphatic heterocycles. The molecule has 1 heterocycles. The van der Waals surface area contributed by atoms with Crippen molar-refractivity contribution in [2.75, 3.05) is 26.9 Å². The molecule has 7 heteroatoms. The first-order valence-corrected chi connectivity index (χ1v) is 5.72. The van der Waals surface area contributed by atoms with Gasteiger partial charge in [-0.05, 0) is 0 Å². The van der Waals surface area contributed by atoms with E-state index >= 15 is 0 Å². The predicted octanol–water partition coefficient (Wildman–Crippen LogP) is -0.287. The lowest BCUT2D eigenvalue weighted by molar-refractivity contribution is -0.0749. The second-order valence-corrected chi connectivity index (χ2v) is 4.30. The van der Waals surface area contributed by atoms with E-state index in [1.165, 1.54) is 7.11 Å². The van der Waals surface area contributed by atoms with E-state index in [4.69, 9.17) is 27.2 Å². The highest BCUT2D eigenvalue weighted by atomic mass is 19.1. The maximum absolute atomic E-state index is 13.6. The molecule has 5 nitrogen and oxygen atoms in total. The lowest BCUT2D eigenvalue weighted by Gasteiger charge is -2.22. The smallest absolute Gasteiger partial charge is 0.170 e. The van der Waals surface area contributed by atoms with Gasteiger partial charge in [0.25, 0.3) is 0 Å². The van der Waals surface area contributed by atoms with Gasteiger partial charge in [0.2, 0.25) is 0 Å². The molecule has 0 aliphatic carbocycles. The number of hydrogen-bond acceptors (Lipinski definition) is 5. The Bertz CT molecular complexity index is 299. The average Bonchev–Trinajstić information content (AvgIpc) is 2.62. The average molecular weight is 260 g/mol. The van der Waals surface area contributed by atoms with Crippen LogP contribution in [0.2, 0.25) is 0 Å². The normalized spacial score (nSPS) is 27.2. The van der Waals surface area contributed by atoms with Gasteiger partial charge in [0, 0.05) is 19.6 Å².